The van der Waals surface area contributed by atoms with Crippen molar-refractivity contribution in [2.45, 2.75) is 44.4 Å². The number of imide groups is 1. The van der Waals surface area contributed by atoms with Crippen LogP contribution in [-0.4, -0.2) is 52.7 Å². The zero-order valence-corrected chi connectivity index (χ0v) is 17.3. The molecule has 1 aromatic carbocycles. The van der Waals surface area contributed by atoms with E-state index in [2.05, 4.69) is 0 Å². The smallest absolute Gasteiger partial charge is 0.370 e. The lowest BCUT2D eigenvalue weighted by molar-refractivity contribution is -0.133. The third-order valence-electron chi connectivity index (χ3n) is 6.16. The van der Waals surface area contributed by atoms with E-state index in [1.165, 1.54) is 18.2 Å². The predicted molar refractivity (Wildman–Crippen MR) is 106 cm³/mol. The number of fused-ring (bicyclic) bond motifs is 1. The van der Waals surface area contributed by atoms with E-state index in [9.17, 15) is 33.0 Å². The molecule has 11 heteroatoms. The van der Waals surface area contributed by atoms with Crippen molar-refractivity contribution in [2.75, 3.05) is 16.8 Å². The van der Waals surface area contributed by atoms with E-state index in [-0.39, 0.29) is 40.0 Å². The molecule has 2 aliphatic heterocycles. The van der Waals surface area contributed by atoms with Crippen molar-refractivity contribution in [1.82, 2.24) is 4.90 Å². The number of nitrogens with zero attached hydrogens (tertiary/aromatic N) is 3. The maximum atomic E-state index is 13.2. The zero-order valence-electron chi connectivity index (χ0n) is 16.5. The number of allylic oxidation sites excluding steroid dienone is 1. The molecule has 7 nitrogen and oxygen atoms in total. The molecule has 2 amide bonds. The molecule has 4 unspecified atom stereocenters. The van der Waals surface area contributed by atoms with Gasteiger partial charge in [0, 0.05) is 7.05 Å². The van der Waals surface area contributed by atoms with Crippen molar-refractivity contribution >= 4 is 34.8 Å². The number of aliphatic hydroxyl groups is 2. The highest BCUT2D eigenvalue weighted by molar-refractivity contribution is 6.33. The fraction of sp³-hybridized carbons (Fsp3) is 0.500. The number of carbonyl (C=O) groups excluding carboxylic acids is 2. The van der Waals surface area contributed by atoms with Crippen LogP contribution >= 0.6 is 11.6 Å². The molecule has 4 atom stereocenters. The maximum Gasteiger partial charge on any atom is 0.431 e. The number of hydrogen-bond acceptors (Lipinski definition) is 6. The summed E-state index contributed by atoms with van der Waals surface area (Å²) in [7, 11) is 1.03. The number of anilines is 2. The van der Waals surface area contributed by atoms with Crippen molar-refractivity contribution in [3.8, 4) is 0 Å². The first-order chi connectivity index (χ1) is 14.5. The molecule has 0 bridgehead atoms. The Bertz CT molecular complexity index is 930. The van der Waals surface area contributed by atoms with Gasteiger partial charge in [0.05, 0.1) is 28.2 Å². The van der Waals surface area contributed by atoms with Crippen molar-refractivity contribution in [2.24, 2.45) is 11.8 Å². The summed E-state index contributed by atoms with van der Waals surface area (Å²) in [5.41, 5.74) is -1.03. The quantitative estimate of drug-likeness (QED) is 0.662. The van der Waals surface area contributed by atoms with Crippen LogP contribution in [0.25, 0.3) is 0 Å². The number of benzene rings is 1. The van der Waals surface area contributed by atoms with Crippen LogP contribution in [0.2, 0.25) is 5.02 Å². The van der Waals surface area contributed by atoms with Gasteiger partial charge in [-0.2, -0.15) is 13.2 Å². The third kappa shape index (κ3) is 3.56. The van der Waals surface area contributed by atoms with Crippen LogP contribution in [0.15, 0.2) is 30.0 Å². The highest BCUT2D eigenvalue weighted by atomic mass is 35.5. The van der Waals surface area contributed by atoms with Crippen molar-refractivity contribution in [3.05, 3.63) is 35.0 Å². The number of rotatable bonds is 2. The molecule has 0 spiro atoms. The van der Waals surface area contributed by atoms with Gasteiger partial charge in [-0.25, -0.2) is 4.90 Å². The second-order valence-electron chi connectivity index (χ2n) is 7.97. The number of hydrogen-bond donors (Lipinski definition) is 2. The number of carbonyl (C=O) groups is 2. The van der Waals surface area contributed by atoms with E-state index in [0.717, 1.165) is 29.7 Å². The normalized spacial score (nSPS) is 29.4. The van der Waals surface area contributed by atoms with Crippen molar-refractivity contribution in [1.29, 1.82) is 0 Å². The summed E-state index contributed by atoms with van der Waals surface area (Å²) in [5, 5.41) is 20.9. The Balaban J connectivity index is 1.72. The Kier molecular flexibility index (Phi) is 5.43. The van der Waals surface area contributed by atoms with Crippen LogP contribution in [0.5, 0.6) is 0 Å². The number of aliphatic hydroxyl groups excluding tert-OH is 2. The summed E-state index contributed by atoms with van der Waals surface area (Å²) < 4.78 is 39.6. The summed E-state index contributed by atoms with van der Waals surface area (Å²) >= 11 is 6.22. The molecule has 31 heavy (non-hydrogen) atoms. The molecule has 1 saturated heterocycles. The number of halogens is 4. The van der Waals surface area contributed by atoms with Gasteiger partial charge in [-0.1, -0.05) is 24.4 Å². The molecular weight excluding hydrogens is 439 g/mol. The minimum absolute atomic E-state index is 0.0148. The lowest BCUT2D eigenvalue weighted by atomic mass is 9.81. The van der Waals surface area contributed by atoms with Gasteiger partial charge in [0.1, 0.15) is 5.70 Å². The third-order valence-corrected chi connectivity index (χ3v) is 6.48. The summed E-state index contributed by atoms with van der Waals surface area (Å²) in [6.07, 6.45) is -4.97. The minimum atomic E-state index is -4.78. The molecule has 2 heterocycles. The molecule has 2 N–H and O–H groups in total. The Labute approximate surface area is 181 Å². The van der Waals surface area contributed by atoms with E-state index >= 15 is 0 Å². The molecule has 0 radical (unpaired) electrons. The number of alkyl halides is 3. The standard InChI is InChI=1S/C20H21ClF3N3O4/c1-25-15(20(22,23)24)9-16(28)27(19(25)31)14-8-10(6-7-13(14)21)26-17(29)11-4-2-3-5-12(11)18(26)30/h6-9,11-12,16,19,28,31H,2-5H2,1H3. The second kappa shape index (κ2) is 7.68. The first kappa shape index (κ1) is 21.9. The molecular formula is C20H21ClF3N3O4. The lowest BCUT2D eigenvalue weighted by Crippen LogP contribution is -2.56. The molecule has 4 rings (SSSR count). The van der Waals surface area contributed by atoms with Crippen LogP contribution in [0.3, 0.4) is 0 Å². The highest BCUT2D eigenvalue weighted by Gasteiger charge is 2.49. The molecule has 1 aliphatic carbocycles. The van der Waals surface area contributed by atoms with E-state index in [0.29, 0.717) is 23.8 Å². The van der Waals surface area contributed by atoms with Crippen LogP contribution < -0.4 is 9.80 Å². The molecule has 3 aliphatic rings. The largest absolute Gasteiger partial charge is 0.431 e. The van der Waals surface area contributed by atoms with Crippen LogP contribution in [0.4, 0.5) is 24.5 Å². The summed E-state index contributed by atoms with van der Waals surface area (Å²) in [5.74, 6) is -1.40. The first-order valence-electron chi connectivity index (χ1n) is 9.86. The second-order valence-corrected chi connectivity index (χ2v) is 8.38. The molecule has 0 aromatic heterocycles. The topological polar surface area (TPSA) is 84.3 Å². The van der Waals surface area contributed by atoms with E-state index in [1.807, 2.05) is 0 Å². The SMILES string of the molecule is CN1C(C(F)(F)F)=CC(O)N(c2cc(N3C(=O)C4CCCCC4C3=O)ccc2Cl)C1O. The molecule has 1 aromatic rings. The van der Waals surface area contributed by atoms with Crippen molar-refractivity contribution < 1.29 is 33.0 Å². The molecule has 168 valence electrons. The van der Waals surface area contributed by atoms with E-state index in [4.69, 9.17) is 11.6 Å². The van der Waals surface area contributed by atoms with Gasteiger partial charge in [0.15, 0.2) is 6.23 Å². The predicted octanol–water partition coefficient (Wildman–Crippen LogP) is 2.81. The average Bonchev–Trinajstić information content (AvgIpc) is 2.96. The van der Waals surface area contributed by atoms with Gasteiger partial charge in [-0.05, 0) is 37.1 Å². The Morgan fingerprint density at radius 2 is 1.65 bits per heavy atom. The fourth-order valence-corrected chi connectivity index (χ4v) is 4.82. The Morgan fingerprint density at radius 1 is 1.06 bits per heavy atom. The van der Waals surface area contributed by atoms with Gasteiger partial charge < -0.3 is 15.1 Å². The monoisotopic (exact) mass is 459 g/mol. The lowest BCUT2D eigenvalue weighted by Gasteiger charge is -2.44. The first-order valence-corrected chi connectivity index (χ1v) is 10.2. The van der Waals surface area contributed by atoms with Crippen molar-refractivity contribution in [3.63, 3.8) is 0 Å². The average molecular weight is 460 g/mol. The van der Waals surface area contributed by atoms with Crippen LogP contribution in [-0.2, 0) is 9.59 Å². The minimum Gasteiger partial charge on any atom is -0.370 e. The summed E-state index contributed by atoms with van der Waals surface area (Å²) in [4.78, 5) is 28.2. The zero-order chi connectivity index (χ0) is 22.7. The van der Waals surface area contributed by atoms with E-state index < -0.39 is 24.5 Å². The molecule has 1 saturated carbocycles. The Morgan fingerprint density at radius 3 is 2.19 bits per heavy atom. The van der Waals surface area contributed by atoms with E-state index in [1.54, 1.807) is 0 Å². The highest BCUT2D eigenvalue weighted by Crippen LogP contribution is 2.43. The summed E-state index contributed by atoms with van der Waals surface area (Å²) in [6, 6.07) is 4.15. The maximum absolute atomic E-state index is 13.2. The molecule has 2 fully saturated rings. The number of amides is 2. The fourth-order valence-electron chi connectivity index (χ4n) is 4.60. The van der Waals surface area contributed by atoms with Gasteiger partial charge >= 0.3 is 6.18 Å². The Hall–Kier alpha value is -2.30. The summed E-state index contributed by atoms with van der Waals surface area (Å²) in [6.45, 7) is 0. The van der Waals surface area contributed by atoms with Gasteiger partial charge in [0.25, 0.3) is 0 Å². The van der Waals surface area contributed by atoms with Crippen LogP contribution in [0.1, 0.15) is 25.7 Å². The van der Waals surface area contributed by atoms with Gasteiger partial charge in [-0.3, -0.25) is 14.5 Å². The van der Waals surface area contributed by atoms with Gasteiger partial charge in [0.2, 0.25) is 18.2 Å². The van der Waals surface area contributed by atoms with Crippen LogP contribution in [0, 0.1) is 11.8 Å². The van der Waals surface area contributed by atoms with Gasteiger partial charge in [-0.15, -0.1) is 0 Å².